The molecule has 9 heteroatoms. The van der Waals surface area contributed by atoms with Crippen molar-refractivity contribution in [2.75, 3.05) is 0 Å². The van der Waals surface area contributed by atoms with Gasteiger partial charge >= 0.3 is 0 Å². The first kappa shape index (κ1) is 11.8. The Morgan fingerprint density at radius 3 is 1.00 bits per heavy atom. The Kier molecular flexibility index (Phi) is 3.50. The lowest BCUT2D eigenvalue weighted by Gasteiger charge is -2.07. The van der Waals surface area contributed by atoms with Crippen LogP contribution >= 0.6 is 0 Å². The van der Waals surface area contributed by atoms with Gasteiger partial charge in [-0.05, 0) is 0 Å². The van der Waals surface area contributed by atoms with Crippen LogP contribution < -0.4 is 0 Å². The van der Waals surface area contributed by atoms with Crippen LogP contribution in [-0.2, 0) is 0 Å². The number of nitrogens with zero attached hydrogens (tertiary/aromatic N) is 3. The lowest BCUT2D eigenvalue weighted by atomic mass is 10.5. The zero-order chi connectivity index (χ0) is 11.6. The predicted octanol–water partition coefficient (Wildman–Crippen LogP) is -0.247. The van der Waals surface area contributed by atoms with Crippen LogP contribution in [0.4, 0.5) is 13.2 Å². The van der Waals surface area contributed by atoms with Gasteiger partial charge in [0.05, 0.1) is 0 Å². The molecule has 0 spiro atoms. The smallest absolute Gasteiger partial charge is 0.257 e. The minimum absolute atomic E-state index is 0.997. The number of halogens is 3. The molecule has 0 aliphatic carbocycles. The maximum Gasteiger partial charge on any atom is 0.257 e. The Bertz CT molecular complexity index is 283. The van der Waals surface area contributed by atoms with Crippen LogP contribution in [0.2, 0.25) is 0 Å². The summed E-state index contributed by atoms with van der Waals surface area (Å²) in [5.74, 6) is -2.99. The second-order valence-corrected chi connectivity index (χ2v) is 2.42. The lowest BCUT2D eigenvalue weighted by Crippen LogP contribution is -2.12. The zero-order valence-electron chi connectivity index (χ0n) is 7.05. The molecule has 84 valence electrons. The van der Waals surface area contributed by atoms with E-state index in [1.54, 1.807) is 0 Å². The molecule has 0 bridgehead atoms. The summed E-state index contributed by atoms with van der Waals surface area (Å²) < 4.78 is 36.9. The SMILES string of the molecule is OC(F)c1nc(C(O)F)nc(C(O)F)n1. The Labute approximate surface area is 81.1 Å². The lowest BCUT2D eigenvalue weighted by molar-refractivity contribution is 0.0103. The van der Waals surface area contributed by atoms with Crippen molar-refractivity contribution >= 4 is 0 Å². The Morgan fingerprint density at radius 2 is 0.867 bits per heavy atom. The van der Waals surface area contributed by atoms with Crippen molar-refractivity contribution in [1.29, 1.82) is 0 Å². The van der Waals surface area contributed by atoms with Crippen molar-refractivity contribution in [1.82, 2.24) is 15.0 Å². The standard InChI is InChI=1S/C6H6F3N3O3/c7-1(13)4-10-5(2(8)14)12-6(11-4)3(9)15/h1-3,13-15H. The van der Waals surface area contributed by atoms with Gasteiger partial charge < -0.3 is 15.3 Å². The third kappa shape index (κ3) is 2.81. The molecule has 1 aromatic rings. The Balaban J connectivity index is 3.20. The monoisotopic (exact) mass is 225 g/mol. The summed E-state index contributed by atoms with van der Waals surface area (Å²) in [6, 6.07) is 0. The summed E-state index contributed by atoms with van der Waals surface area (Å²) in [5, 5.41) is 25.2. The fourth-order valence-corrected chi connectivity index (χ4v) is 0.747. The molecule has 0 radical (unpaired) electrons. The quantitative estimate of drug-likeness (QED) is 0.656. The topological polar surface area (TPSA) is 99.4 Å². The van der Waals surface area contributed by atoms with Gasteiger partial charge in [-0.2, -0.15) is 0 Å². The minimum atomic E-state index is -2.69. The molecule has 6 nitrogen and oxygen atoms in total. The first-order valence-corrected chi connectivity index (χ1v) is 3.64. The van der Waals surface area contributed by atoms with Gasteiger partial charge in [0.25, 0.3) is 19.1 Å². The van der Waals surface area contributed by atoms with Crippen LogP contribution in [0, 0.1) is 0 Å². The first-order valence-electron chi connectivity index (χ1n) is 3.64. The number of rotatable bonds is 3. The molecule has 0 saturated heterocycles. The first-order chi connectivity index (χ1) is 6.91. The van der Waals surface area contributed by atoms with Crippen LogP contribution in [0.15, 0.2) is 0 Å². The summed E-state index contributed by atoms with van der Waals surface area (Å²) in [6.45, 7) is 0. The number of hydrogen-bond acceptors (Lipinski definition) is 6. The van der Waals surface area contributed by atoms with Crippen molar-refractivity contribution in [2.45, 2.75) is 19.1 Å². The number of aliphatic hydroxyl groups is 3. The van der Waals surface area contributed by atoms with Crippen LogP contribution in [0.1, 0.15) is 36.5 Å². The number of aliphatic hydroxyl groups excluding tert-OH is 3. The summed E-state index contributed by atoms with van der Waals surface area (Å²) >= 11 is 0. The van der Waals surface area contributed by atoms with E-state index in [0.717, 1.165) is 0 Å². The van der Waals surface area contributed by atoms with Crippen molar-refractivity contribution in [3.63, 3.8) is 0 Å². The van der Waals surface area contributed by atoms with E-state index in [1.807, 2.05) is 0 Å². The molecule has 15 heavy (non-hydrogen) atoms. The van der Waals surface area contributed by atoms with E-state index < -0.39 is 36.5 Å². The van der Waals surface area contributed by atoms with Gasteiger partial charge in [-0.3, -0.25) is 0 Å². The average Bonchev–Trinajstić information content (AvgIpc) is 2.16. The molecule has 0 amide bonds. The molecule has 1 rings (SSSR count). The van der Waals surface area contributed by atoms with Crippen molar-refractivity contribution < 1.29 is 28.5 Å². The second-order valence-electron chi connectivity index (χ2n) is 2.42. The predicted molar refractivity (Wildman–Crippen MR) is 38.0 cm³/mol. The molecule has 1 aromatic heterocycles. The molecule has 3 N–H and O–H groups in total. The van der Waals surface area contributed by atoms with E-state index in [2.05, 4.69) is 15.0 Å². The highest BCUT2D eigenvalue weighted by atomic mass is 19.2. The minimum Gasteiger partial charge on any atom is -0.358 e. The Hall–Kier alpha value is -1.32. The fraction of sp³-hybridized carbons (Fsp3) is 0.500. The van der Waals surface area contributed by atoms with Gasteiger partial charge in [-0.15, -0.1) is 0 Å². The molecule has 0 aromatic carbocycles. The highest BCUT2D eigenvalue weighted by Gasteiger charge is 2.20. The fourth-order valence-electron chi connectivity index (χ4n) is 0.747. The van der Waals surface area contributed by atoms with Gasteiger partial charge in [-0.25, -0.2) is 28.1 Å². The zero-order valence-corrected chi connectivity index (χ0v) is 7.05. The van der Waals surface area contributed by atoms with E-state index in [9.17, 15) is 13.2 Å². The molecule has 0 fully saturated rings. The molecular formula is C6H6F3N3O3. The highest BCUT2D eigenvalue weighted by molar-refractivity contribution is 5.00. The molecular weight excluding hydrogens is 219 g/mol. The van der Waals surface area contributed by atoms with Crippen molar-refractivity contribution in [3.8, 4) is 0 Å². The van der Waals surface area contributed by atoms with Gasteiger partial charge in [-0.1, -0.05) is 0 Å². The third-order valence-electron chi connectivity index (χ3n) is 1.33. The van der Waals surface area contributed by atoms with E-state index >= 15 is 0 Å². The summed E-state index contributed by atoms with van der Waals surface area (Å²) in [4.78, 5) is 8.89. The van der Waals surface area contributed by atoms with Crippen LogP contribution in [0.25, 0.3) is 0 Å². The van der Waals surface area contributed by atoms with E-state index in [0.29, 0.717) is 0 Å². The summed E-state index contributed by atoms with van der Waals surface area (Å²) in [6.07, 6.45) is -8.08. The summed E-state index contributed by atoms with van der Waals surface area (Å²) in [5.41, 5.74) is 0. The molecule has 3 atom stereocenters. The number of alkyl halides is 3. The third-order valence-corrected chi connectivity index (χ3v) is 1.33. The average molecular weight is 225 g/mol. The highest BCUT2D eigenvalue weighted by Crippen LogP contribution is 2.17. The van der Waals surface area contributed by atoms with Crippen LogP contribution in [0.5, 0.6) is 0 Å². The normalized spacial score (nSPS) is 17.2. The Morgan fingerprint density at radius 1 is 0.667 bits per heavy atom. The molecule has 3 unspecified atom stereocenters. The van der Waals surface area contributed by atoms with Gasteiger partial charge in [0.1, 0.15) is 0 Å². The molecule has 0 aliphatic rings. The largest absolute Gasteiger partial charge is 0.358 e. The van der Waals surface area contributed by atoms with E-state index in [1.165, 1.54) is 0 Å². The van der Waals surface area contributed by atoms with Gasteiger partial charge in [0, 0.05) is 0 Å². The maximum atomic E-state index is 12.3. The van der Waals surface area contributed by atoms with Crippen LogP contribution in [0.3, 0.4) is 0 Å². The number of hydrogen-bond donors (Lipinski definition) is 3. The van der Waals surface area contributed by atoms with Gasteiger partial charge in [0.2, 0.25) is 0 Å². The maximum absolute atomic E-state index is 12.3. The van der Waals surface area contributed by atoms with E-state index in [-0.39, 0.29) is 0 Å². The summed E-state index contributed by atoms with van der Waals surface area (Å²) in [7, 11) is 0. The number of aromatic nitrogens is 3. The van der Waals surface area contributed by atoms with Crippen molar-refractivity contribution in [2.24, 2.45) is 0 Å². The van der Waals surface area contributed by atoms with Crippen LogP contribution in [-0.4, -0.2) is 30.3 Å². The molecule has 1 heterocycles. The van der Waals surface area contributed by atoms with Gasteiger partial charge in [0.15, 0.2) is 17.5 Å². The second kappa shape index (κ2) is 4.47. The van der Waals surface area contributed by atoms with E-state index in [4.69, 9.17) is 15.3 Å². The molecule has 0 saturated carbocycles. The molecule has 0 aliphatic heterocycles. The van der Waals surface area contributed by atoms with Crippen molar-refractivity contribution in [3.05, 3.63) is 17.5 Å².